The normalized spacial score (nSPS) is 31.7. The number of nitrogens with one attached hydrogen (secondary N) is 1. The van der Waals surface area contributed by atoms with Gasteiger partial charge in [0, 0.05) is 29.6 Å². The van der Waals surface area contributed by atoms with E-state index < -0.39 is 15.9 Å². The number of carbonyl (C=O) groups excluding carboxylic acids is 1. The molecule has 1 aliphatic carbocycles. The molecule has 0 radical (unpaired) electrons. The fourth-order valence-corrected chi connectivity index (χ4v) is 9.54. The minimum absolute atomic E-state index is 0.110. The first-order chi connectivity index (χ1) is 23.0. The number of likely N-dealkylation sites (N-methyl/N-ethyl adjacent to an activating group) is 1. The van der Waals surface area contributed by atoms with E-state index in [0.717, 1.165) is 74.3 Å². The first-order valence-corrected chi connectivity index (χ1v) is 19.7. The van der Waals surface area contributed by atoms with Gasteiger partial charge in [0.15, 0.2) is 6.29 Å². The second kappa shape index (κ2) is 15.3. The number of anilines is 1. The van der Waals surface area contributed by atoms with Crippen molar-refractivity contribution in [2.45, 2.75) is 77.7 Å². The smallest absolute Gasteiger partial charge is 0.264 e. The van der Waals surface area contributed by atoms with Crippen LogP contribution in [0.5, 0.6) is 5.75 Å². The summed E-state index contributed by atoms with van der Waals surface area (Å²) < 4.78 is 48.3. The van der Waals surface area contributed by atoms with E-state index in [4.69, 9.17) is 25.8 Å². The van der Waals surface area contributed by atoms with E-state index in [1.165, 1.54) is 5.56 Å². The highest BCUT2D eigenvalue weighted by atomic mass is 35.5. The van der Waals surface area contributed by atoms with Crippen LogP contribution in [0.15, 0.2) is 36.4 Å². The van der Waals surface area contributed by atoms with Gasteiger partial charge >= 0.3 is 0 Å². The second-order valence-corrected chi connectivity index (χ2v) is 17.1. The molecule has 3 heterocycles. The molecule has 2 fully saturated rings. The third kappa shape index (κ3) is 8.32. The number of carbonyl (C=O) groups is 1. The highest BCUT2D eigenvalue weighted by molar-refractivity contribution is 7.90. The third-order valence-electron chi connectivity index (χ3n) is 11.4. The Balaban J connectivity index is 1.34. The largest absolute Gasteiger partial charge is 0.487 e. The third-order valence-corrected chi connectivity index (χ3v) is 13.1. The molecule has 2 aromatic carbocycles. The number of amides is 1. The van der Waals surface area contributed by atoms with E-state index in [-0.39, 0.29) is 35.8 Å². The van der Waals surface area contributed by atoms with Crippen LogP contribution in [0.2, 0.25) is 5.02 Å². The highest BCUT2D eigenvalue weighted by Crippen LogP contribution is 2.46. The topological polar surface area (TPSA) is 97.4 Å². The van der Waals surface area contributed by atoms with Gasteiger partial charge in [0.1, 0.15) is 12.4 Å². The lowest BCUT2D eigenvalue weighted by atomic mass is 9.64. The van der Waals surface area contributed by atoms with E-state index in [9.17, 15) is 13.2 Å². The molecule has 0 spiro atoms. The number of ether oxygens (including phenoxy) is 3. The van der Waals surface area contributed by atoms with Crippen LogP contribution in [0.25, 0.3) is 0 Å². The van der Waals surface area contributed by atoms with Crippen LogP contribution in [0.3, 0.4) is 0 Å². The van der Waals surface area contributed by atoms with Crippen molar-refractivity contribution in [1.82, 2.24) is 9.62 Å². The van der Waals surface area contributed by atoms with Crippen molar-refractivity contribution < 1.29 is 27.4 Å². The first-order valence-electron chi connectivity index (χ1n) is 17.7. The second-order valence-electron chi connectivity index (χ2n) is 14.8. The molecule has 48 heavy (non-hydrogen) atoms. The number of fused-ring (bicyclic) bond motifs is 3. The Hall–Kier alpha value is -2.37. The molecule has 2 aromatic rings. The van der Waals surface area contributed by atoms with Crippen molar-refractivity contribution in [2.24, 2.45) is 29.6 Å². The van der Waals surface area contributed by atoms with Gasteiger partial charge in [-0.15, -0.1) is 0 Å². The van der Waals surface area contributed by atoms with Crippen LogP contribution < -0.4 is 14.4 Å². The molecule has 4 aliphatic rings. The average molecular weight is 702 g/mol. The first kappa shape index (κ1) is 35.5. The van der Waals surface area contributed by atoms with Crippen molar-refractivity contribution in [3.05, 3.63) is 58.1 Å². The van der Waals surface area contributed by atoms with E-state index >= 15 is 0 Å². The number of sulfonamides is 1. The Morgan fingerprint density at radius 3 is 2.42 bits per heavy atom. The van der Waals surface area contributed by atoms with Crippen molar-refractivity contribution in [3.63, 3.8) is 0 Å². The zero-order valence-corrected chi connectivity index (χ0v) is 30.4. The van der Waals surface area contributed by atoms with E-state index in [0.29, 0.717) is 43.0 Å². The van der Waals surface area contributed by atoms with Gasteiger partial charge in [-0.1, -0.05) is 31.5 Å². The molecule has 1 saturated carbocycles. The number of hydrogen-bond acceptors (Lipinski definition) is 8. The van der Waals surface area contributed by atoms with Gasteiger partial charge in [-0.05, 0) is 124 Å². The molecular formula is C37H52ClN3O6S. The van der Waals surface area contributed by atoms with Crippen LogP contribution in [0.1, 0.15) is 73.9 Å². The summed E-state index contributed by atoms with van der Waals surface area (Å²) in [6.07, 6.45) is 6.58. The number of hydrogen-bond donors (Lipinski definition) is 1. The van der Waals surface area contributed by atoms with Crippen molar-refractivity contribution in [3.8, 4) is 5.75 Å². The summed E-state index contributed by atoms with van der Waals surface area (Å²) in [5.74, 6) is 1.06. The molecule has 3 aliphatic heterocycles. The minimum atomic E-state index is -3.86. The Morgan fingerprint density at radius 1 is 0.917 bits per heavy atom. The molecule has 0 aromatic heterocycles. The lowest BCUT2D eigenvalue weighted by molar-refractivity contribution is -0.241. The number of nitrogens with zero attached hydrogens (tertiary/aromatic N) is 2. The molecule has 0 unspecified atom stereocenters. The fraction of sp³-hybridized carbons (Fsp3) is 0.649. The lowest BCUT2D eigenvalue weighted by Gasteiger charge is -2.48. The Morgan fingerprint density at radius 2 is 1.69 bits per heavy atom. The molecule has 11 heteroatoms. The maximum atomic E-state index is 13.4. The summed E-state index contributed by atoms with van der Waals surface area (Å²) in [6, 6.07) is 11.5. The van der Waals surface area contributed by atoms with Gasteiger partial charge < -0.3 is 24.0 Å². The molecule has 1 amide bonds. The molecular weight excluding hydrogens is 650 g/mol. The summed E-state index contributed by atoms with van der Waals surface area (Å²) in [5, 5.41) is 0.720. The number of rotatable bonds is 2. The van der Waals surface area contributed by atoms with Gasteiger partial charge in [0.25, 0.3) is 5.91 Å². The molecule has 264 valence electrons. The molecule has 1 N–H and O–H groups in total. The van der Waals surface area contributed by atoms with Gasteiger partial charge in [0.2, 0.25) is 10.0 Å². The molecule has 6 rings (SSSR count). The van der Waals surface area contributed by atoms with Crippen LogP contribution in [0, 0.1) is 29.6 Å². The SMILES string of the molecule is C[C@@H]1CC[C@H]([C@H]2OC[C@H](N(C)C)CO2)[C@@H]2CC[C@H]2CN2CCCCc3cc(Cl)ccc3COc3ccc(cc32)C(=O)NS(=O)(=O)C[C@@H]1C. The van der Waals surface area contributed by atoms with Crippen LogP contribution in [0.4, 0.5) is 5.69 Å². The molecule has 1 saturated heterocycles. The predicted octanol–water partition coefficient (Wildman–Crippen LogP) is 6.13. The predicted molar refractivity (Wildman–Crippen MR) is 189 cm³/mol. The zero-order chi connectivity index (χ0) is 34.0. The van der Waals surface area contributed by atoms with Gasteiger partial charge in [-0.2, -0.15) is 0 Å². The maximum Gasteiger partial charge on any atom is 0.264 e. The average Bonchev–Trinajstić information content (AvgIpc) is 3.07. The van der Waals surface area contributed by atoms with Crippen LogP contribution in [-0.4, -0.2) is 77.7 Å². The van der Waals surface area contributed by atoms with Crippen molar-refractivity contribution in [2.75, 3.05) is 51.1 Å². The summed E-state index contributed by atoms with van der Waals surface area (Å²) in [7, 11) is 0.259. The molecule has 9 nitrogen and oxygen atoms in total. The maximum absolute atomic E-state index is 13.4. The monoisotopic (exact) mass is 701 g/mol. The van der Waals surface area contributed by atoms with Crippen molar-refractivity contribution in [1.29, 1.82) is 0 Å². The van der Waals surface area contributed by atoms with Crippen LogP contribution in [-0.2, 0) is 32.5 Å². The minimum Gasteiger partial charge on any atom is -0.487 e. The number of aryl methyl sites for hydroxylation is 1. The Bertz CT molecular complexity index is 1550. The summed E-state index contributed by atoms with van der Waals surface area (Å²) in [6.45, 7) is 7.36. The van der Waals surface area contributed by atoms with E-state index in [2.05, 4.69) is 35.5 Å². The standard InChI is InChI=1S/C37H52ClN3O6S/c1-24-8-13-33(37-46-21-31(22-47-37)40(3)4)32-14-10-28(32)19-41-16-6-5-7-26-17-30(38)12-9-29(26)20-45-35-15-11-27(18-34(35)41)36(42)39-48(43,44)23-25(24)2/h9,11-12,15,17-18,24-25,28,31-33,37H,5-8,10,13-14,16,19-23H2,1-4H3,(H,39,42)/t24-,25+,28+,31-,32-,33+,37-/m1/s1. The Labute approximate surface area is 291 Å². The van der Waals surface area contributed by atoms with Gasteiger partial charge in [-0.3, -0.25) is 4.79 Å². The highest BCUT2D eigenvalue weighted by Gasteiger charge is 2.44. The van der Waals surface area contributed by atoms with Gasteiger partial charge in [-0.25, -0.2) is 13.1 Å². The summed E-state index contributed by atoms with van der Waals surface area (Å²) >= 11 is 6.37. The number of halogens is 1. The Kier molecular flexibility index (Phi) is 11.3. The van der Waals surface area contributed by atoms with Crippen LogP contribution >= 0.6 is 11.6 Å². The molecule has 2 bridgehead atoms. The van der Waals surface area contributed by atoms with E-state index in [1.807, 2.05) is 37.3 Å². The fourth-order valence-electron chi connectivity index (χ4n) is 7.85. The molecule has 5 atom stereocenters. The lowest BCUT2D eigenvalue weighted by Crippen LogP contribution is -2.51. The van der Waals surface area contributed by atoms with Gasteiger partial charge in [0.05, 0.1) is 30.7 Å². The van der Waals surface area contributed by atoms with Crippen molar-refractivity contribution >= 4 is 33.2 Å². The summed E-state index contributed by atoms with van der Waals surface area (Å²) in [5.41, 5.74) is 3.42. The van der Waals surface area contributed by atoms with E-state index in [1.54, 1.807) is 6.07 Å². The zero-order valence-electron chi connectivity index (χ0n) is 28.8. The summed E-state index contributed by atoms with van der Waals surface area (Å²) in [4.78, 5) is 18.0. The quantitative estimate of drug-likeness (QED) is 0.400. The number of benzene rings is 2.